The number of hydrogen-bond donors (Lipinski definition) is 0. The SMILES string of the molecule is CC(C)CCC[C@H](C)CCC[C@H](C)CCC[C@@]1(C)C=CC(=O)OC1. The van der Waals surface area contributed by atoms with E-state index in [0.29, 0.717) is 6.61 Å². The first-order valence-electron chi connectivity index (χ1n) is 10.2. The van der Waals surface area contributed by atoms with Gasteiger partial charge in [0.05, 0.1) is 0 Å². The van der Waals surface area contributed by atoms with Gasteiger partial charge in [-0.25, -0.2) is 4.79 Å². The summed E-state index contributed by atoms with van der Waals surface area (Å²) in [5.41, 5.74) is 0.0541. The third-order valence-corrected chi connectivity index (χ3v) is 5.48. The van der Waals surface area contributed by atoms with E-state index >= 15 is 0 Å². The number of carbonyl (C=O) groups excluding carboxylic acids is 1. The minimum atomic E-state index is -0.191. The van der Waals surface area contributed by atoms with Crippen LogP contribution in [0.1, 0.15) is 92.4 Å². The molecule has 0 amide bonds. The zero-order chi connectivity index (χ0) is 18.0. The van der Waals surface area contributed by atoms with Crippen molar-refractivity contribution < 1.29 is 9.53 Å². The van der Waals surface area contributed by atoms with Gasteiger partial charge in [-0.3, -0.25) is 0 Å². The van der Waals surface area contributed by atoms with Gasteiger partial charge in [-0.15, -0.1) is 0 Å². The Balaban J connectivity index is 2.06. The first-order valence-corrected chi connectivity index (χ1v) is 10.2. The number of ether oxygens (including phenoxy) is 1. The van der Waals surface area contributed by atoms with Crippen LogP contribution in [0.3, 0.4) is 0 Å². The van der Waals surface area contributed by atoms with E-state index in [4.69, 9.17) is 4.74 Å². The molecule has 1 heterocycles. The van der Waals surface area contributed by atoms with Gasteiger partial charge in [-0.2, -0.15) is 0 Å². The Kier molecular flexibility index (Phi) is 9.69. The largest absolute Gasteiger partial charge is 0.462 e. The number of hydrogen-bond acceptors (Lipinski definition) is 2. The highest BCUT2D eigenvalue weighted by Gasteiger charge is 2.26. The molecule has 0 N–H and O–H groups in total. The second kappa shape index (κ2) is 10.9. The fourth-order valence-electron chi connectivity index (χ4n) is 3.59. The van der Waals surface area contributed by atoms with Crippen molar-refractivity contribution in [1.82, 2.24) is 0 Å². The maximum Gasteiger partial charge on any atom is 0.330 e. The van der Waals surface area contributed by atoms with Gasteiger partial charge in [0.2, 0.25) is 0 Å². The molecule has 0 aromatic carbocycles. The summed E-state index contributed by atoms with van der Waals surface area (Å²) in [7, 11) is 0. The van der Waals surface area contributed by atoms with E-state index in [-0.39, 0.29) is 11.4 Å². The minimum absolute atomic E-state index is 0.0541. The van der Waals surface area contributed by atoms with Gasteiger partial charge in [0.1, 0.15) is 6.61 Å². The monoisotopic (exact) mass is 336 g/mol. The minimum Gasteiger partial charge on any atom is -0.462 e. The molecule has 0 spiro atoms. The van der Waals surface area contributed by atoms with Crippen LogP contribution in [0.2, 0.25) is 0 Å². The van der Waals surface area contributed by atoms with E-state index in [1.54, 1.807) is 6.08 Å². The van der Waals surface area contributed by atoms with Crippen LogP contribution >= 0.6 is 0 Å². The molecule has 24 heavy (non-hydrogen) atoms. The van der Waals surface area contributed by atoms with Gasteiger partial charge in [-0.1, -0.05) is 92.1 Å². The van der Waals surface area contributed by atoms with E-state index in [9.17, 15) is 4.79 Å². The Labute approximate surface area is 150 Å². The predicted octanol–water partition coefficient (Wildman–Crippen LogP) is 6.54. The Morgan fingerprint density at radius 3 is 2.00 bits per heavy atom. The summed E-state index contributed by atoms with van der Waals surface area (Å²) in [6.45, 7) is 12.2. The molecule has 0 bridgehead atoms. The molecule has 0 saturated carbocycles. The zero-order valence-electron chi connectivity index (χ0n) is 16.8. The molecule has 0 radical (unpaired) electrons. The highest BCUT2D eigenvalue weighted by molar-refractivity contribution is 5.82. The molecule has 0 aromatic heterocycles. The molecule has 0 fully saturated rings. The molecule has 0 aliphatic carbocycles. The number of carbonyl (C=O) groups is 1. The third kappa shape index (κ3) is 9.49. The smallest absolute Gasteiger partial charge is 0.330 e. The lowest BCUT2D eigenvalue weighted by Gasteiger charge is -2.28. The lowest BCUT2D eigenvalue weighted by molar-refractivity contribution is -0.141. The number of rotatable bonds is 12. The van der Waals surface area contributed by atoms with Crippen molar-refractivity contribution in [3.63, 3.8) is 0 Å². The molecule has 140 valence electrons. The Bertz CT molecular complexity index is 385. The van der Waals surface area contributed by atoms with Crippen LogP contribution in [0.25, 0.3) is 0 Å². The highest BCUT2D eigenvalue weighted by Crippen LogP contribution is 2.30. The van der Waals surface area contributed by atoms with Gasteiger partial charge in [0, 0.05) is 11.5 Å². The fraction of sp³-hybridized carbons (Fsp3) is 0.864. The Hall–Kier alpha value is -0.790. The first-order chi connectivity index (χ1) is 11.3. The number of esters is 1. The van der Waals surface area contributed by atoms with E-state index in [1.165, 1.54) is 51.4 Å². The average molecular weight is 337 g/mol. The Morgan fingerprint density at radius 2 is 1.50 bits per heavy atom. The Morgan fingerprint density at radius 1 is 0.958 bits per heavy atom. The van der Waals surface area contributed by atoms with Crippen LogP contribution in [0.15, 0.2) is 12.2 Å². The second-order valence-corrected chi connectivity index (χ2v) is 8.95. The standard InChI is InChI=1S/C22H40O2/c1-18(2)9-6-10-19(3)11-7-12-20(4)13-8-15-22(5)16-14-21(23)24-17-22/h14,16,18-20H,6-13,15,17H2,1-5H3/t19-,20-,22-/m0/s1. The van der Waals surface area contributed by atoms with Gasteiger partial charge >= 0.3 is 5.97 Å². The van der Waals surface area contributed by atoms with Crippen molar-refractivity contribution in [3.8, 4) is 0 Å². The van der Waals surface area contributed by atoms with Gasteiger partial charge < -0.3 is 4.74 Å². The molecule has 1 aliphatic rings. The molecule has 0 aromatic rings. The normalized spacial score (nSPS) is 23.3. The molecule has 2 heteroatoms. The zero-order valence-corrected chi connectivity index (χ0v) is 16.8. The number of cyclic esters (lactones) is 1. The highest BCUT2D eigenvalue weighted by atomic mass is 16.5. The van der Waals surface area contributed by atoms with E-state index in [1.807, 2.05) is 6.08 Å². The molecule has 3 atom stereocenters. The molecular formula is C22H40O2. The topological polar surface area (TPSA) is 26.3 Å². The predicted molar refractivity (Wildman–Crippen MR) is 103 cm³/mol. The lowest BCUT2D eigenvalue weighted by Crippen LogP contribution is -2.27. The average Bonchev–Trinajstić information content (AvgIpc) is 2.50. The van der Waals surface area contributed by atoms with Crippen molar-refractivity contribution in [2.24, 2.45) is 23.2 Å². The molecule has 2 nitrogen and oxygen atoms in total. The van der Waals surface area contributed by atoms with Gasteiger partial charge in [0.25, 0.3) is 0 Å². The van der Waals surface area contributed by atoms with Crippen LogP contribution in [-0.4, -0.2) is 12.6 Å². The maximum absolute atomic E-state index is 11.1. The van der Waals surface area contributed by atoms with Crippen molar-refractivity contribution in [2.45, 2.75) is 92.4 Å². The van der Waals surface area contributed by atoms with Crippen molar-refractivity contribution in [3.05, 3.63) is 12.2 Å². The summed E-state index contributed by atoms with van der Waals surface area (Å²) in [4.78, 5) is 11.1. The van der Waals surface area contributed by atoms with Crippen molar-refractivity contribution >= 4 is 5.97 Å². The van der Waals surface area contributed by atoms with E-state index < -0.39 is 0 Å². The van der Waals surface area contributed by atoms with Crippen LogP contribution in [0.4, 0.5) is 0 Å². The second-order valence-electron chi connectivity index (χ2n) is 8.95. The summed E-state index contributed by atoms with van der Waals surface area (Å²) >= 11 is 0. The quantitative estimate of drug-likeness (QED) is 0.378. The molecule has 1 aliphatic heterocycles. The molecule has 0 saturated heterocycles. The fourth-order valence-corrected chi connectivity index (χ4v) is 3.59. The first kappa shape index (κ1) is 21.3. The maximum atomic E-state index is 11.1. The summed E-state index contributed by atoms with van der Waals surface area (Å²) in [5, 5.41) is 0. The molecule has 1 rings (SSSR count). The van der Waals surface area contributed by atoms with E-state index in [2.05, 4.69) is 34.6 Å². The molecular weight excluding hydrogens is 296 g/mol. The molecule has 0 unspecified atom stereocenters. The third-order valence-electron chi connectivity index (χ3n) is 5.48. The van der Waals surface area contributed by atoms with Crippen LogP contribution in [0, 0.1) is 23.2 Å². The van der Waals surface area contributed by atoms with Crippen LogP contribution in [-0.2, 0) is 9.53 Å². The van der Waals surface area contributed by atoms with Crippen LogP contribution < -0.4 is 0 Å². The lowest BCUT2D eigenvalue weighted by atomic mass is 9.82. The summed E-state index contributed by atoms with van der Waals surface area (Å²) in [6.07, 6.45) is 15.6. The summed E-state index contributed by atoms with van der Waals surface area (Å²) < 4.78 is 5.16. The summed E-state index contributed by atoms with van der Waals surface area (Å²) in [5.74, 6) is 2.36. The van der Waals surface area contributed by atoms with Gasteiger partial charge in [0.15, 0.2) is 0 Å². The van der Waals surface area contributed by atoms with Crippen LogP contribution in [0.5, 0.6) is 0 Å². The van der Waals surface area contributed by atoms with Crippen molar-refractivity contribution in [1.29, 1.82) is 0 Å². The van der Waals surface area contributed by atoms with Gasteiger partial charge in [-0.05, 0) is 24.2 Å². The summed E-state index contributed by atoms with van der Waals surface area (Å²) in [6, 6.07) is 0. The van der Waals surface area contributed by atoms with Crippen molar-refractivity contribution in [2.75, 3.05) is 6.61 Å². The van der Waals surface area contributed by atoms with E-state index in [0.717, 1.165) is 24.2 Å².